The van der Waals surface area contributed by atoms with Crippen molar-refractivity contribution in [2.45, 2.75) is 32.2 Å². The number of rotatable bonds is 6. The third kappa shape index (κ3) is 7.76. The average Bonchev–Trinajstić information content (AvgIpc) is 2.26. The van der Waals surface area contributed by atoms with E-state index >= 15 is 0 Å². The molecule has 0 unspecified atom stereocenters. The van der Waals surface area contributed by atoms with Crippen LogP contribution in [0.4, 0.5) is 0 Å². The van der Waals surface area contributed by atoms with Crippen molar-refractivity contribution in [3.63, 3.8) is 0 Å². The number of carbonyl (C=O) groups excluding carboxylic acids is 1. The zero-order valence-electron chi connectivity index (χ0n) is 10.9. The van der Waals surface area contributed by atoms with Crippen molar-refractivity contribution in [1.29, 1.82) is 0 Å². The van der Waals surface area contributed by atoms with Crippen LogP contribution in [0.25, 0.3) is 0 Å². The first kappa shape index (κ1) is 15.0. The maximum Gasteiger partial charge on any atom is 0.190 e. The molecule has 0 aromatic carbocycles. The van der Waals surface area contributed by atoms with Gasteiger partial charge in [-0.05, 0) is 20.3 Å². The summed E-state index contributed by atoms with van der Waals surface area (Å²) in [5, 5.41) is 0.278. The predicted octanol–water partition coefficient (Wildman–Crippen LogP) is 1.10. The van der Waals surface area contributed by atoms with Gasteiger partial charge in [0.15, 0.2) is 5.12 Å². The summed E-state index contributed by atoms with van der Waals surface area (Å²) in [6, 6.07) is 0. The van der Waals surface area contributed by atoms with Gasteiger partial charge in [0.05, 0.1) is 13.2 Å². The van der Waals surface area contributed by atoms with Gasteiger partial charge in [-0.1, -0.05) is 11.8 Å². The number of morpholine rings is 1. The lowest BCUT2D eigenvalue weighted by Crippen LogP contribution is -2.37. The fourth-order valence-corrected chi connectivity index (χ4v) is 2.67. The molecule has 2 N–H and O–H groups in total. The minimum absolute atomic E-state index is 0.169. The lowest BCUT2D eigenvalue weighted by atomic mass is 10.0. The second kappa shape index (κ2) is 7.36. The Labute approximate surface area is 108 Å². The Balaban J connectivity index is 2.04. The first-order valence-corrected chi connectivity index (χ1v) is 7.20. The molecule has 1 heterocycles. The Bertz CT molecular complexity index is 235. The van der Waals surface area contributed by atoms with Crippen molar-refractivity contribution in [3.05, 3.63) is 0 Å². The van der Waals surface area contributed by atoms with Gasteiger partial charge in [0.2, 0.25) is 0 Å². The number of thioether (sulfide) groups is 1. The zero-order chi connectivity index (χ0) is 12.7. The van der Waals surface area contributed by atoms with Crippen LogP contribution < -0.4 is 5.73 Å². The SMILES string of the molecule is CC(C)(N)CCSC(=O)CCN1CCOCC1. The summed E-state index contributed by atoms with van der Waals surface area (Å²) in [4.78, 5) is 13.9. The smallest absolute Gasteiger partial charge is 0.190 e. The van der Waals surface area contributed by atoms with Crippen molar-refractivity contribution in [2.75, 3.05) is 38.6 Å². The minimum Gasteiger partial charge on any atom is -0.379 e. The van der Waals surface area contributed by atoms with Gasteiger partial charge >= 0.3 is 0 Å². The summed E-state index contributed by atoms with van der Waals surface area (Å²) < 4.78 is 5.26. The quantitative estimate of drug-likeness (QED) is 0.775. The van der Waals surface area contributed by atoms with Crippen molar-refractivity contribution in [1.82, 2.24) is 4.90 Å². The molecule has 5 heteroatoms. The average molecular weight is 260 g/mol. The summed E-state index contributed by atoms with van der Waals surface area (Å²) in [5.41, 5.74) is 5.70. The second-order valence-corrected chi connectivity index (χ2v) is 6.32. The molecule has 1 aliphatic heterocycles. The zero-order valence-corrected chi connectivity index (χ0v) is 11.7. The van der Waals surface area contributed by atoms with Gasteiger partial charge < -0.3 is 10.5 Å². The normalized spacial score (nSPS) is 18.3. The van der Waals surface area contributed by atoms with E-state index in [-0.39, 0.29) is 10.7 Å². The van der Waals surface area contributed by atoms with Crippen molar-refractivity contribution in [2.24, 2.45) is 5.73 Å². The van der Waals surface area contributed by atoms with Crippen molar-refractivity contribution in [3.8, 4) is 0 Å². The molecule has 1 rings (SSSR count). The highest BCUT2D eigenvalue weighted by atomic mass is 32.2. The summed E-state index contributed by atoms with van der Waals surface area (Å²) in [7, 11) is 0. The van der Waals surface area contributed by atoms with Gasteiger partial charge in [-0.25, -0.2) is 0 Å². The van der Waals surface area contributed by atoms with Crippen LogP contribution in [0, 0.1) is 0 Å². The Morgan fingerprint density at radius 2 is 2.06 bits per heavy atom. The summed E-state index contributed by atoms with van der Waals surface area (Å²) >= 11 is 1.42. The van der Waals surface area contributed by atoms with Gasteiger partial charge in [-0.3, -0.25) is 9.69 Å². The van der Waals surface area contributed by atoms with E-state index in [0.717, 1.165) is 45.0 Å². The minimum atomic E-state index is -0.169. The Morgan fingerprint density at radius 3 is 2.65 bits per heavy atom. The van der Waals surface area contributed by atoms with E-state index in [1.54, 1.807) is 0 Å². The fraction of sp³-hybridized carbons (Fsp3) is 0.917. The van der Waals surface area contributed by atoms with E-state index < -0.39 is 0 Å². The van der Waals surface area contributed by atoms with Crippen molar-refractivity contribution < 1.29 is 9.53 Å². The maximum absolute atomic E-state index is 11.6. The van der Waals surface area contributed by atoms with E-state index in [1.807, 2.05) is 13.8 Å². The highest BCUT2D eigenvalue weighted by Gasteiger charge is 2.14. The first-order valence-electron chi connectivity index (χ1n) is 6.22. The number of hydrogen-bond donors (Lipinski definition) is 1. The molecule has 0 amide bonds. The molecule has 0 atom stereocenters. The molecule has 0 aromatic heterocycles. The standard InChI is InChI=1S/C12H24N2O2S/c1-12(2,13)4-10-17-11(15)3-5-14-6-8-16-9-7-14/h3-10,13H2,1-2H3. The molecule has 1 aliphatic rings. The number of hydrogen-bond acceptors (Lipinski definition) is 5. The third-order valence-corrected chi connectivity index (χ3v) is 3.68. The van der Waals surface area contributed by atoms with E-state index in [4.69, 9.17) is 10.5 Å². The molecule has 0 aromatic rings. The molecule has 4 nitrogen and oxygen atoms in total. The van der Waals surface area contributed by atoms with Crippen LogP contribution in [0.5, 0.6) is 0 Å². The number of nitrogens with zero attached hydrogens (tertiary/aromatic N) is 1. The van der Waals surface area contributed by atoms with Crippen LogP contribution >= 0.6 is 11.8 Å². The summed E-state index contributed by atoms with van der Waals surface area (Å²) in [5.74, 6) is 0.825. The third-order valence-electron chi connectivity index (χ3n) is 2.75. The molecule has 17 heavy (non-hydrogen) atoms. The molecule has 0 radical (unpaired) electrons. The van der Waals surface area contributed by atoms with Crippen LogP contribution in [0.3, 0.4) is 0 Å². The van der Waals surface area contributed by atoms with Crippen molar-refractivity contribution >= 4 is 16.9 Å². The van der Waals surface area contributed by atoms with Gasteiger partial charge in [0, 0.05) is 37.3 Å². The van der Waals surface area contributed by atoms with E-state index in [9.17, 15) is 4.79 Å². The Kier molecular flexibility index (Phi) is 6.48. The molecule has 1 saturated heterocycles. The van der Waals surface area contributed by atoms with Crippen LogP contribution in [0.1, 0.15) is 26.7 Å². The van der Waals surface area contributed by atoms with Crippen LogP contribution in [-0.4, -0.2) is 54.2 Å². The molecule has 0 aliphatic carbocycles. The topological polar surface area (TPSA) is 55.6 Å². The van der Waals surface area contributed by atoms with Gasteiger partial charge in [-0.2, -0.15) is 0 Å². The van der Waals surface area contributed by atoms with Crippen LogP contribution in [-0.2, 0) is 9.53 Å². The van der Waals surface area contributed by atoms with Crippen LogP contribution in [0.2, 0.25) is 0 Å². The highest BCUT2D eigenvalue weighted by Crippen LogP contribution is 2.13. The highest BCUT2D eigenvalue weighted by molar-refractivity contribution is 8.13. The number of carbonyl (C=O) groups is 1. The lowest BCUT2D eigenvalue weighted by molar-refractivity contribution is -0.111. The summed E-state index contributed by atoms with van der Waals surface area (Å²) in [6.07, 6.45) is 1.51. The molecule has 0 bridgehead atoms. The predicted molar refractivity (Wildman–Crippen MR) is 72.2 cm³/mol. The maximum atomic E-state index is 11.6. The molecular formula is C12H24N2O2S. The van der Waals surface area contributed by atoms with Gasteiger partial charge in [0.25, 0.3) is 0 Å². The molecule has 0 spiro atoms. The molecule has 0 saturated carbocycles. The van der Waals surface area contributed by atoms with Crippen LogP contribution in [0.15, 0.2) is 0 Å². The van der Waals surface area contributed by atoms with E-state index in [2.05, 4.69) is 4.90 Å². The van der Waals surface area contributed by atoms with Gasteiger partial charge in [0.1, 0.15) is 0 Å². The molecular weight excluding hydrogens is 236 g/mol. The van der Waals surface area contributed by atoms with E-state index in [1.165, 1.54) is 11.8 Å². The largest absolute Gasteiger partial charge is 0.379 e. The molecule has 1 fully saturated rings. The first-order chi connectivity index (χ1) is 7.97. The Hall–Kier alpha value is -0.100. The Morgan fingerprint density at radius 1 is 1.41 bits per heavy atom. The second-order valence-electron chi connectivity index (χ2n) is 5.16. The monoisotopic (exact) mass is 260 g/mol. The number of nitrogens with two attached hydrogens (primary N) is 1. The van der Waals surface area contributed by atoms with Gasteiger partial charge in [-0.15, -0.1) is 0 Å². The molecule has 100 valence electrons. The van der Waals surface area contributed by atoms with E-state index in [0.29, 0.717) is 6.42 Å². The summed E-state index contributed by atoms with van der Waals surface area (Å²) in [6.45, 7) is 8.34. The fourth-order valence-electron chi connectivity index (χ4n) is 1.57. The lowest BCUT2D eigenvalue weighted by Gasteiger charge is -2.26. The number of ether oxygens (including phenoxy) is 1.